The fourth-order valence-corrected chi connectivity index (χ4v) is 16.0. The molecule has 0 spiro atoms. The second kappa shape index (κ2) is 22.7. The molecule has 4 saturated carbocycles. The molecule has 4 heterocycles. The average Bonchev–Trinajstić information content (AvgIpc) is 3.75. The highest BCUT2D eigenvalue weighted by atomic mass is 16.8. The van der Waals surface area contributed by atoms with Crippen molar-refractivity contribution >= 4 is 0 Å². The van der Waals surface area contributed by atoms with Crippen LogP contribution in [0.3, 0.4) is 0 Å². The first-order valence-electron chi connectivity index (χ1n) is 27.3. The molecule has 4 aliphatic carbocycles. The summed E-state index contributed by atoms with van der Waals surface area (Å²) in [6.07, 6.45) is -22.6. The molecule has 22 nitrogen and oxygen atoms in total. The van der Waals surface area contributed by atoms with Gasteiger partial charge in [0.2, 0.25) is 0 Å². The highest BCUT2D eigenvalue weighted by Crippen LogP contribution is 2.76. The maximum absolute atomic E-state index is 12.8. The third-order valence-corrected chi connectivity index (χ3v) is 20.5. The SMILES string of the molecule is CC(C)=CCC[C@](C)(O[C@@H]1O[C@H](CO[C@H]2OC[C@H](O)[C@H](O)[C@H]2O)[C@@H](O)[C@H](O)[C@H]1O)[C@H]1CC[C@]2(C)C1[C@H](O)CC1[C@@]3(C)CC[C@H](O[C@@H]4O[C@H](CO)[C@@H](O)[C@@H](O)[C@H]4O[C@@H]4O[C@H](CO)[C@@H](O)[C@H](O)[C@H]4O)C(C)(C)[C@@H]3CC[C@]12C. The molecule has 0 aromatic carbocycles. The highest BCUT2D eigenvalue weighted by molar-refractivity contribution is 5.20. The van der Waals surface area contributed by atoms with Gasteiger partial charge >= 0.3 is 0 Å². The molecule has 0 bridgehead atoms. The second-order valence-corrected chi connectivity index (χ2v) is 25.3. The lowest BCUT2D eigenvalue weighted by Gasteiger charge is -2.71. The van der Waals surface area contributed by atoms with Crippen molar-refractivity contribution in [3.8, 4) is 0 Å². The van der Waals surface area contributed by atoms with Crippen LogP contribution >= 0.6 is 0 Å². The van der Waals surface area contributed by atoms with Crippen molar-refractivity contribution in [1.82, 2.24) is 0 Å². The molecule has 0 amide bonds. The largest absolute Gasteiger partial charge is 0.394 e. The van der Waals surface area contributed by atoms with Gasteiger partial charge in [0.15, 0.2) is 25.2 Å². The van der Waals surface area contributed by atoms with Crippen molar-refractivity contribution in [1.29, 1.82) is 0 Å². The van der Waals surface area contributed by atoms with Crippen molar-refractivity contribution in [2.45, 2.75) is 248 Å². The van der Waals surface area contributed by atoms with E-state index in [-0.39, 0.29) is 41.1 Å². The van der Waals surface area contributed by atoms with Crippen molar-refractivity contribution < 1.29 is 109 Å². The zero-order valence-electron chi connectivity index (χ0n) is 44.7. The van der Waals surface area contributed by atoms with Crippen molar-refractivity contribution in [3.63, 3.8) is 0 Å². The quantitative estimate of drug-likeness (QED) is 0.0651. The van der Waals surface area contributed by atoms with Crippen LogP contribution in [0.15, 0.2) is 11.6 Å². The summed E-state index contributed by atoms with van der Waals surface area (Å²) in [5, 5.41) is 151. The minimum absolute atomic E-state index is 0.0508. The lowest BCUT2D eigenvalue weighted by molar-refractivity contribution is -0.378. The Morgan fingerprint density at radius 2 is 1.16 bits per heavy atom. The van der Waals surface area contributed by atoms with Gasteiger partial charge in [0.1, 0.15) is 91.6 Å². The van der Waals surface area contributed by atoms with Gasteiger partial charge in [0.05, 0.1) is 44.2 Å². The van der Waals surface area contributed by atoms with E-state index in [2.05, 4.69) is 40.7 Å². The molecule has 4 aliphatic heterocycles. The number of allylic oxidation sites excluding steroid dienone is 2. The van der Waals surface area contributed by atoms with Crippen LogP contribution < -0.4 is 0 Å². The lowest BCUT2D eigenvalue weighted by Crippen LogP contribution is -2.68. The predicted molar refractivity (Wildman–Crippen MR) is 260 cm³/mol. The van der Waals surface area contributed by atoms with E-state index in [1.54, 1.807) is 0 Å². The first-order chi connectivity index (χ1) is 35.1. The van der Waals surface area contributed by atoms with Gasteiger partial charge in [-0.3, -0.25) is 0 Å². The fourth-order valence-electron chi connectivity index (χ4n) is 16.0. The Morgan fingerprint density at radius 1 is 0.587 bits per heavy atom. The van der Waals surface area contributed by atoms with Gasteiger partial charge in [0.25, 0.3) is 0 Å². The Bertz CT molecular complexity index is 1940. The van der Waals surface area contributed by atoms with Gasteiger partial charge in [-0.1, -0.05) is 46.3 Å². The number of hydrogen-bond donors (Lipinski definition) is 14. The molecule has 8 aliphatic rings. The molecule has 2 unspecified atom stereocenters. The number of rotatable bonds is 15. The van der Waals surface area contributed by atoms with Crippen LogP contribution in [0.4, 0.5) is 0 Å². The number of aliphatic hydroxyl groups excluding tert-OH is 14. The summed E-state index contributed by atoms with van der Waals surface area (Å²) in [6, 6.07) is 0. The lowest BCUT2D eigenvalue weighted by atomic mass is 9.35. The number of hydrogen-bond acceptors (Lipinski definition) is 22. The topological polar surface area (TPSA) is 357 Å². The Labute approximate surface area is 439 Å². The summed E-state index contributed by atoms with van der Waals surface area (Å²) in [5.41, 5.74) is -1.48. The maximum Gasteiger partial charge on any atom is 0.187 e. The van der Waals surface area contributed by atoms with Gasteiger partial charge in [-0.05, 0) is 124 Å². The molecule has 434 valence electrons. The number of aliphatic hydroxyl groups is 14. The first kappa shape index (κ1) is 60.0. The molecule has 29 atom stereocenters. The molecule has 0 aromatic heterocycles. The van der Waals surface area contributed by atoms with E-state index in [0.29, 0.717) is 38.5 Å². The Balaban J connectivity index is 1.01. The maximum atomic E-state index is 12.8. The minimum Gasteiger partial charge on any atom is -0.394 e. The third kappa shape index (κ3) is 10.6. The molecule has 14 N–H and O–H groups in total. The van der Waals surface area contributed by atoms with E-state index < -0.39 is 165 Å². The van der Waals surface area contributed by atoms with E-state index >= 15 is 0 Å². The van der Waals surface area contributed by atoms with Crippen LogP contribution in [0.1, 0.15) is 113 Å². The van der Waals surface area contributed by atoms with E-state index in [9.17, 15) is 71.5 Å². The Hall–Kier alpha value is -1.14. The second-order valence-electron chi connectivity index (χ2n) is 25.3. The van der Waals surface area contributed by atoms with Crippen LogP contribution in [0.5, 0.6) is 0 Å². The van der Waals surface area contributed by atoms with Crippen LogP contribution in [0, 0.1) is 45.3 Å². The predicted octanol–water partition coefficient (Wildman–Crippen LogP) is -1.56. The standard InChI is InChI=1S/C53H90O22/c1-23(2)10-9-14-53(8,75-47-43(67)39(63)37(61)29(72-47)22-69-45-41(65)34(58)26(57)21-68-45)24-11-16-52(7)33(24)25(56)18-31-50(5)15-13-32(49(3,4)30(50)12-17-51(31,52)6)73-48-44(40(64)36(60)28(20-55)71-48)74-46-42(66)38(62)35(59)27(19-54)70-46/h10,24-48,54-67H,9,11-22H2,1-8H3/t24-,25+,26-,27+,28+,29+,30-,31?,32-,33?,34-,35+,36+,37+,38-,39-,40+,41+,42+,43+,44+,45+,46-,47-,48-,50-,51+,52+,53-/m0/s1. The summed E-state index contributed by atoms with van der Waals surface area (Å²) in [6.45, 7) is 15.1. The Kier molecular flexibility index (Phi) is 18.1. The molecular formula is C53H90O22. The minimum atomic E-state index is -1.81. The summed E-state index contributed by atoms with van der Waals surface area (Å²) in [5.74, 6) is -0.395. The Morgan fingerprint density at radius 3 is 1.80 bits per heavy atom. The molecule has 75 heavy (non-hydrogen) atoms. The molecule has 8 rings (SSSR count). The van der Waals surface area contributed by atoms with Crippen LogP contribution in [0.2, 0.25) is 0 Å². The summed E-state index contributed by atoms with van der Waals surface area (Å²) in [7, 11) is 0. The van der Waals surface area contributed by atoms with Crippen molar-refractivity contribution in [2.24, 2.45) is 45.3 Å². The van der Waals surface area contributed by atoms with Gasteiger partial charge in [-0.15, -0.1) is 0 Å². The zero-order chi connectivity index (χ0) is 55.1. The van der Waals surface area contributed by atoms with Crippen LogP contribution in [0.25, 0.3) is 0 Å². The van der Waals surface area contributed by atoms with E-state index in [1.165, 1.54) is 0 Å². The van der Waals surface area contributed by atoms with Gasteiger partial charge < -0.3 is 109 Å². The number of fused-ring (bicyclic) bond motifs is 5. The summed E-state index contributed by atoms with van der Waals surface area (Å²) >= 11 is 0. The molecule has 4 saturated heterocycles. The van der Waals surface area contributed by atoms with E-state index in [0.717, 1.165) is 24.8 Å². The van der Waals surface area contributed by atoms with Crippen molar-refractivity contribution in [2.75, 3.05) is 26.4 Å². The molecule has 22 heteroatoms. The first-order valence-corrected chi connectivity index (χ1v) is 27.3. The van der Waals surface area contributed by atoms with E-state index in [1.807, 2.05) is 20.8 Å². The molecular weight excluding hydrogens is 989 g/mol. The third-order valence-electron chi connectivity index (χ3n) is 20.5. The molecule has 0 aromatic rings. The van der Waals surface area contributed by atoms with Gasteiger partial charge in [0, 0.05) is 0 Å². The summed E-state index contributed by atoms with van der Waals surface area (Å²) in [4.78, 5) is 0. The smallest absolute Gasteiger partial charge is 0.187 e. The zero-order valence-corrected chi connectivity index (χ0v) is 44.7. The van der Waals surface area contributed by atoms with Gasteiger partial charge in [-0.2, -0.15) is 0 Å². The average molecular weight is 1080 g/mol. The monoisotopic (exact) mass is 1080 g/mol. The fraction of sp³-hybridized carbons (Fsp3) is 0.962. The highest BCUT2D eigenvalue weighted by Gasteiger charge is 2.72. The number of ether oxygens (including phenoxy) is 8. The molecule has 0 radical (unpaired) electrons. The van der Waals surface area contributed by atoms with Crippen LogP contribution in [-0.2, 0) is 37.9 Å². The van der Waals surface area contributed by atoms with Crippen molar-refractivity contribution in [3.05, 3.63) is 11.6 Å². The molecule has 8 fully saturated rings. The van der Waals surface area contributed by atoms with Crippen LogP contribution in [-0.4, -0.2) is 232 Å². The normalized spacial score (nSPS) is 52.7. The summed E-state index contributed by atoms with van der Waals surface area (Å²) < 4.78 is 48.8. The van der Waals surface area contributed by atoms with E-state index in [4.69, 9.17) is 37.9 Å². The van der Waals surface area contributed by atoms with Gasteiger partial charge in [-0.25, -0.2) is 0 Å².